The molecule has 0 fully saturated rings. The maximum absolute atomic E-state index is 12.2. The SMILES string of the molecule is O=C(N/N=C\c1ccccn1)c1cccc2ccccc12. The van der Waals surface area contributed by atoms with Crippen LogP contribution < -0.4 is 5.43 Å². The molecule has 0 aliphatic carbocycles. The van der Waals surface area contributed by atoms with E-state index in [4.69, 9.17) is 0 Å². The van der Waals surface area contributed by atoms with Gasteiger partial charge in [-0.25, -0.2) is 5.43 Å². The topological polar surface area (TPSA) is 54.4 Å². The number of aromatic nitrogens is 1. The number of carbonyl (C=O) groups is 1. The predicted molar refractivity (Wildman–Crippen MR) is 83.2 cm³/mol. The van der Waals surface area contributed by atoms with Crippen LogP contribution in [-0.4, -0.2) is 17.1 Å². The van der Waals surface area contributed by atoms with Gasteiger partial charge in [0, 0.05) is 11.8 Å². The third kappa shape index (κ3) is 2.95. The van der Waals surface area contributed by atoms with Crippen LogP contribution in [0.4, 0.5) is 0 Å². The maximum atomic E-state index is 12.2. The molecule has 0 unspecified atom stereocenters. The van der Waals surface area contributed by atoms with E-state index in [1.807, 2.05) is 54.6 Å². The molecule has 0 saturated carbocycles. The Morgan fingerprint density at radius 3 is 2.67 bits per heavy atom. The van der Waals surface area contributed by atoms with Crippen molar-refractivity contribution in [2.45, 2.75) is 0 Å². The first-order valence-electron chi connectivity index (χ1n) is 6.57. The highest BCUT2D eigenvalue weighted by Crippen LogP contribution is 2.18. The fourth-order valence-corrected chi connectivity index (χ4v) is 2.09. The number of nitrogens with zero attached hydrogens (tertiary/aromatic N) is 2. The van der Waals surface area contributed by atoms with Gasteiger partial charge in [0.25, 0.3) is 5.91 Å². The van der Waals surface area contributed by atoms with Gasteiger partial charge in [-0.15, -0.1) is 0 Å². The molecule has 0 aliphatic heterocycles. The van der Waals surface area contributed by atoms with Crippen molar-refractivity contribution < 1.29 is 4.79 Å². The lowest BCUT2D eigenvalue weighted by atomic mass is 10.0. The molecular formula is C17H13N3O. The predicted octanol–water partition coefficient (Wildman–Crippen LogP) is 3.00. The summed E-state index contributed by atoms with van der Waals surface area (Å²) in [4.78, 5) is 16.3. The number of hydrogen-bond acceptors (Lipinski definition) is 3. The van der Waals surface area contributed by atoms with Gasteiger partial charge in [0.15, 0.2) is 0 Å². The second kappa shape index (κ2) is 5.96. The smallest absolute Gasteiger partial charge is 0.267 e. The van der Waals surface area contributed by atoms with Crippen LogP contribution in [0.25, 0.3) is 10.8 Å². The minimum Gasteiger partial charge on any atom is -0.267 e. The van der Waals surface area contributed by atoms with E-state index < -0.39 is 0 Å². The Hall–Kier alpha value is -3.01. The van der Waals surface area contributed by atoms with Gasteiger partial charge in [0.1, 0.15) is 0 Å². The largest absolute Gasteiger partial charge is 0.271 e. The van der Waals surface area contributed by atoms with Crippen molar-refractivity contribution in [2.75, 3.05) is 0 Å². The van der Waals surface area contributed by atoms with Crippen LogP contribution in [0.15, 0.2) is 72.0 Å². The van der Waals surface area contributed by atoms with Gasteiger partial charge in [-0.1, -0.05) is 42.5 Å². The summed E-state index contributed by atoms with van der Waals surface area (Å²) in [6.45, 7) is 0. The van der Waals surface area contributed by atoms with Crippen LogP contribution in [0.3, 0.4) is 0 Å². The van der Waals surface area contributed by atoms with Crippen molar-refractivity contribution in [3.05, 3.63) is 78.1 Å². The molecule has 1 heterocycles. The summed E-state index contributed by atoms with van der Waals surface area (Å²) < 4.78 is 0. The van der Waals surface area contributed by atoms with E-state index in [-0.39, 0.29) is 5.91 Å². The highest BCUT2D eigenvalue weighted by molar-refractivity contribution is 6.07. The summed E-state index contributed by atoms with van der Waals surface area (Å²) in [5, 5.41) is 5.87. The number of rotatable bonds is 3. The number of nitrogens with one attached hydrogen (secondary N) is 1. The standard InChI is InChI=1S/C17H13N3O/c21-17(20-19-12-14-8-3-4-11-18-14)16-10-5-7-13-6-1-2-9-15(13)16/h1-12H,(H,20,21)/b19-12-. The van der Waals surface area contributed by atoms with E-state index in [1.165, 1.54) is 6.21 Å². The van der Waals surface area contributed by atoms with Gasteiger partial charge in [-0.2, -0.15) is 5.10 Å². The maximum Gasteiger partial charge on any atom is 0.271 e. The van der Waals surface area contributed by atoms with Crippen molar-refractivity contribution in [3.8, 4) is 0 Å². The van der Waals surface area contributed by atoms with Gasteiger partial charge in [0.05, 0.1) is 11.9 Å². The summed E-state index contributed by atoms with van der Waals surface area (Å²) in [7, 11) is 0. The lowest BCUT2D eigenvalue weighted by molar-refractivity contribution is 0.0957. The Kier molecular flexibility index (Phi) is 3.69. The Labute approximate surface area is 122 Å². The first-order valence-corrected chi connectivity index (χ1v) is 6.57. The molecule has 4 nitrogen and oxygen atoms in total. The quantitative estimate of drug-likeness (QED) is 0.590. The molecule has 1 aromatic heterocycles. The molecule has 0 saturated heterocycles. The second-order valence-corrected chi connectivity index (χ2v) is 4.48. The zero-order valence-electron chi connectivity index (χ0n) is 11.2. The molecular weight excluding hydrogens is 262 g/mol. The molecule has 1 N–H and O–H groups in total. The normalized spacial score (nSPS) is 10.9. The lowest BCUT2D eigenvalue weighted by Gasteiger charge is -2.04. The number of amides is 1. The molecule has 0 bridgehead atoms. The van der Waals surface area contributed by atoms with E-state index >= 15 is 0 Å². The fourth-order valence-electron chi connectivity index (χ4n) is 2.09. The molecule has 1 amide bonds. The van der Waals surface area contributed by atoms with E-state index in [2.05, 4.69) is 15.5 Å². The molecule has 21 heavy (non-hydrogen) atoms. The van der Waals surface area contributed by atoms with Gasteiger partial charge in [0.2, 0.25) is 0 Å². The summed E-state index contributed by atoms with van der Waals surface area (Å²) in [6, 6.07) is 18.9. The Morgan fingerprint density at radius 1 is 1.00 bits per heavy atom. The molecule has 0 atom stereocenters. The fraction of sp³-hybridized carbons (Fsp3) is 0. The molecule has 0 spiro atoms. The second-order valence-electron chi connectivity index (χ2n) is 4.48. The monoisotopic (exact) mass is 275 g/mol. The number of carbonyl (C=O) groups excluding carboxylic acids is 1. The van der Waals surface area contributed by atoms with Crippen LogP contribution in [0.1, 0.15) is 16.1 Å². The number of fused-ring (bicyclic) bond motifs is 1. The third-order valence-corrected chi connectivity index (χ3v) is 3.08. The van der Waals surface area contributed by atoms with E-state index in [0.29, 0.717) is 11.3 Å². The molecule has 0 aliphatic rings. The molecule has 4 heteroatoms. The van der Waals surface area contributed by atoms with E-state index in [9.17, 15) is 4.79 Å². The highest BCUT2D eigenvalue weighted by Gasteiger charge is 2.08. The highest BCUT2D eigenvalue weighted by atomic mass is 16.2. The zero-order chi connectivity index (χ0) is 14.5. The first kappa shape index (κ1) is 13.0. The van der Waals surface area contributed by atoms with Crippen LogP contribution in [0.2, 0.25) is 0 Å². The van der Waals surface area contributed by atoms with Crippen LogP contribution in [0.5, 0.6) is 0 Å². The van der Waals surface area contributed by atoms with Gasteiger partial charge in [-0.3, -0.25) is 9.78 Å². The summed E-state index contributed by atoms with van der Waals surface area (Å²) in [5.74, 6) is -0.237. The summed E-state index contributed by atoms with van der Waals surface area (Å²) in [5.41, 5.74) is 3.82. The van der Waals surface area contributed by atoms with Gasteiger partial charge >= 0.3 is 0 Å². The number of hydrazone groups is 1. The average Bonchev–Trinajstić information content (AvgIpc) is 2.55. The number of hydrogen-bond donors (Lipinski definition) is 1. The molecule has 3 aromatic rings. The van der Waals surface area contributed by atoms with Gasteiger partial charge in [-0.05, 0) is 29.0 Å². The molecule has 0 radical (unpaired) electrons. The zero-order valence-corrected chi connectivity index (χ0v) is 11.2. The average molecular weight is 275 g/mol. The Balaban J connectivity index is 1.80. The van der Waals surface area contributed by atoms with Crippen LogP contribution in [0, 0.1) is 0 Å². The van der Waals surface area contributed by atoms with Gasteiger partial charge < -0.3 is 0 Å². The summed E-state index contributed by atoms with van der Waals surface area (Å²) >= 11 is 0. The minimum absolute atomic E-state index is 0.237. The summed E-state index contributed by atoms with van der Waals surface area (Å²) in [6.07, 6.45) is 3.19. The van der Waals surface area contributed by atoms with Crippen molar-refractivity contribution in [1.82, 2.24) is 10.4 Å². The van der Waals surface area contributed by atoms with Crippen molar-refractivity contribution in [2.24, 2.45) is 5.10 Å². The van der Waals surface area contributed by atoms with Crippen molar-refractivity contribution >= 4 is 22.9 Å². The molecule has 102 valence electrons. The molecule has 3 rings (SSSR count). The Bertz CT molecular complexity index is 792. The third-order valence-electron chi connectivity index (χ3n) is 3.08. The van der Waals surface area contributed by atoms with Crippen molar-refractivity contribution in [1.29, 1.82) is 0 Å². The van der Waals surface area contributed by atoms with Crippen LogP contribution >= 0.6 is 0 Å². The lowest BCUT2D eigenvalue weighted by Crippen LogP contribution is -2.18. The molecule has 2 aromatic carbocycles. The number of pyridine rings is 1. The van der Waals surface area contributed by atoms with E-state index in [0.717, 1.165) is 10.8 Å². The first-order chi connectivity index (χ1) is 10.3. The minimum atomic E-state index is -0.237. The van der Waals surface area contributed by atoms with Crippen LogP contribution in [-0.2, 0) is 0 Å². The van der Waals surface area contributed by atoms with Crippen molar-refractivity contribution in [3.63, 3.8) is 0 Å². The number of benzene rings is 2. The Morgan fingerprint density at radius 2 is 1.81 bits per heavy atom. The van der Waals surface area contributed by atoms with E-state index in [1.54, 1.807) is 12.3 Å².